The monoisotopic (exact) mass is 357 g/mol. The van der Waals surface area contributed by atoms with Gasteiger partial charge < -0.3 is 19.4 Å². The molecule has 1 aliphatic rings. The third-order valence-corrected chi connectivity index (χ3v) is 3.99. The number of nitrogens with one attached hydrogen (secondary N) is 1. The van der Waals surface area contributed by atoms with Crippen LogP contribution in [0, 0.1) is 11.3 Å². The summed E-state index contributed by atoms with van der Waals surface area (Å²) >= 11 is 6.08. The van der Waals surface area contributed by atoms with Crippen LogP contribution in [0.5, 0.6) is 0 Å². The van der Waals surface area contributed by atoms with Crippen LogP contribution in [0.3, 0.4) is 0 Å². The van der Waals surface area contributed by atoms with Gasteiger partial charge in [-0.2, -0.15) is 5.26 Å². The molecule has 0 radical (unpaired) electrons. The molecular formula is C18H16ClN3O3. The number of nitriles is 1. The fourth-order valence-electron chi connectivity index (χ4n) is 2.54. The maximum Gasteiger partial charge on any atom is 0.266 e. The summed E-state index contributed by atoms with van der Waals surface area (Å²) in [6.45, 7) is 2.69. The van der Waals surface area contributed by atoms with Crippen LogP contribution < -0.4 is 10.2 Å². The number of hydrogen-bond donors (Lipinski definition) is 1. The number of hydrogen-bond acceptors (Lipinski definition) is 5. The average molecular weight is 358 g/mol. The number of morpholine rings is 1. The lowest BCUT2D eigenvalue weighted by molar-refractivity contribution is -0.112. The number of anilines is 2. The Morgan fingerprint density at radius 2 is 2.12 bits per heavy atom. The summed E-state index contributed by atoms with van der Waals surface area (Å²) in [5.74, 6) is -0.0816. The minimum absolute atomic E-state index is 0.0529. The Hall–Kier alpha value is -2.75. The molecule has 0 atom stereocenters. The number of halogens is 1. The van der Waals surface area contributed by atoms with E-state index in [9.17, 15) is 10.1 Å². The van der Waals surface area contributed by atoms with E-state index in [2.05, 4.69) is 10.2 Å². The van der Waals surface area contributed by atoms with Gasteiger partial charge in [0, 0.05) is 24.2 Å². The van der Waals surface area contributed by atoms with Crippen LogP contribution in [-0.4, -0.2) is 32.2 Å². The van der Waals surface area contributed by atoms with Crippen LogP contribution in [0.25, 0.3) is 6.08 Å². The zero-order chi connectivity index (χ0) is 17.6. The fourth-order valence-corrected chi connectivity index (χ4v) is 2.71. The molecule has 7 heteroatoms. The third-order valence-electron chi connectivity index (χ3n) is 3.75. The molecule has 0 saturated carbocycles. The molecule has 1 amide bonds. The van der Waals surface area contributed by atoms with Crippen LogP contribution in [0.4, 0.5) is 11.4 Å². The largest absolute Gasteiger partial charge is 0.465 e. The summed E-state index contributed by atoms with van der Waals surface area (Å²) in [5, 5.41) is 12.5. The SMILES string of the molecule is N#C/C(=C\c1ccco1)C(=O)Nc1cc(Cl)ccc1N1CCOCC1. The van der Waals surface area contributed by atoms with Gasteiger partial charge in [-0.25, -0.2) is 0 Å². The smallest absolute Gasteiger partial charge is 0.266 e. The van der Waals surface area contributed by atoms with E-state index in [1.165, 1.54) is 12.3 Å². The van der Waals surface area contributed by atoms with Crippen molar-refractivity contribution in [3.63, 3.8) is 0 Å². The molecule has 0 spiro atoms. The van der Waals surface area contributed by atoms with E-state index in [0.29, 0.717) is 29.7 Å². The van der Waals surface area contributed by atoms with Crippen molar-refractivity contribution in [2.24, 2.45) is 0 Å². The Morgan fingerprint density at radius 3 is 2.80 bits per heavy atom. The molecule has 6 nitrogen and oxygen atoms in total. The van der Waals surface area contributed by atoms with Gasteiger partial charge in [-0.05, 0) is 30.3 Å². The predicted octanol–water partition coefficient (Wildman–Crippen LogP) is 3.32. The molecule has 1 aromatic heterocycles. The first-order chi connectivity index (χ1) is 12.2. The number of benzene rings is 1. The van der Waals surface area contributed by atoms with Gasteiger partial charge in [0.25, 0.3) is 5.91 Å². The van der Waals surface area contributed by atoms with Crippen molar-refractivity contribution in [3.05, 3.63) is 53.0 Å². The average Bonchev–Trinajstić information content (AvgIpc) is 3.13. The van der Waals surface area contributed by atoms with E-state index in [1.54, 1.807) is 24.3 Å². The Kier molecular flexibility index (Phi) is 5.39. The predicted molar refractivity (Wildman–Crippen MR) is 95.4 cm³/mol. The highest BCUT2D eigenvalue weighted by atomic mass is 35.5. The first-order valence-corrected chi connectivity index (χ1v) is 8.14. The van der Waals surface area contributed by atoms with Gasteiger partial charge in [0.1, 0.15) is 17.4 Å². The number of amides is 1. The summed E-state index contributed by atoms with van der Waals surface area (Å²) in [4.78, 5) is 14.6. The van der Waals surface area contributed by atoms with E-state index < -0.39 is 5.91 Å². The van der Waals surface area contributed by atoms with E-state index in [1.807, 2.05) is 12.1 Å². The highest BCUT2D eigenvalue weighted by molar-refractivity contribution is 6.31. The second kappa shape index (κ2) is 7.88. The third kappa shape index (κ3) is 4.21. The Labute approximate surface area is 150 Å². The highest BCUT2D eigenvalue weighted by Crippen LogP contribution is 2.30. The van der Waals surface area contributed by atoms with E-state index in [0.717, 1.165) is 18.8 Å². The number of rotatable bonds is 4. The Bertz CT molecular complexity index is 819. The first kappa shape index (κ1) is 17.1. The molecule has 2 aromatic rings. The summed E-state index contributed by atoms with van der Waals surface area (Å²) in [6, 6.07) is 10.5. The van der Waals surface area contributed by atoms with E-state index in [4.69, 9.17) is 20.8 Å². The van der Waals surface area contributed by atoms with Crippen LogP contribution in [0.15, 0.2) is 46.6 Å². The van der Waals surface area contributed by atoms with Gasteiger partial charge in [-0.3, -0.25) is 4.79 Å². The van der Waals surface area contributed by atoms with Gasteiger partial charge in [0.2, 0.25) is 0 Å². The minimum Gasteiger partial charge on any atom is -0.465 e. The topological polar surface area (TPSA) is 78.5 Å². The quantitative estimate of drug-likeness (QED) is 0.670. The first-order valence-electron chi connectivity index (χ1n) is 7.76. The molecule has 1 aromatic carbocycles. The van der Waals surface area contributed by atoms with Crippen molar-refractivity contribution in [2.75, 3.05) is 36.5 Å². The van der Waals surface area contributed by atoms with Crippen molar-refractivity contribution >= 4 is 35.0 Å². The lowest BCUT2D eigenvalue weighted by Gasteiger charge is -2.30. The number of nitrogens with zero attached hydrogens (tertiary/aromatic N) is 2. The summed E-state index contributed by atoms with van der Waals surface area (Å²) < 4.78 is 10.5. The van der Waals surface area contributed by atoms with Crippen LogP contribution in [0.1, 0.15) is 5.76 Å². The van der Waals surface area contributed by atoms with Crippen molar-refractivity contribution in [2.45, 2.75) is 0 Å². The van der Waals surface area contributed by atoms with Crippen LogP contribution in [0.2, 0.25) is 5.02 Å². The maximum absolute atomic E-state index is 12.5. The molecule has 2 heterocycles. The van der Waals surface area contributed by atoms with Crippen LogP contribution in [-0.2, 0) is 9.53 Å². The van der Waals surface area contributed by atoms with Gasteiger partial charge in [-0.1, -0.05) is 11.6 Å². The number of carbonyl (C=O) groups is 1. The minimum atomic E-state index is -0.518. The van der Waals surface area contributed by atoms with E-state index in [-0.39, 0.29) is 5.57 Å². The summed E-state index contributed by atoms with van der Waals surface area (Å²) in [5.41, 5.74) is 1.35. The molecule has 0 unspecified atom stereocenters. The lowest BCUT2D eigenvalue weighted by atomic mass is 10.2. The van der Waals surface area contributed by atoms with Crippen LogP contribution >= 0.6 is 11.6 Å². The standard InChI is InChI=1S/C18H16ClN3O3/c19-14-3-4-17(22-5-8-24-9-6-22)16(11-14)21-18(23)13(12-20)10-15-2-1-7-25-15/h1-4,7,10-11H,5-6,8-9H2,(H,21,23)/b13-10+. The fraction of sp³-hybridized carbons (Fsp3) is 0.222. The molecule has 0 bridgehead atoms. The molecule has 1 aliphatic heterocycles. The Morgan fingerprint density at radius 1 is 1.32 bits per heavy atom. The normalized spacial score (nSPS) is 14.9. The molecular weight excluding hydrogens is 342 g/mol. The van der Waals surface area contributed by atoms with Crippen molar-refractivity contribution in [1.82, 2.24) is 0 Å². The number of furan rings is 1. The molecule has 1 fully saturated rings. The van der Waals surface area contributed by atoms with Crippen molar-refractivity contribution < 1.29 is 13.9 Å². The Balaban J connectivity index is 1.85. The highest BCUT2D eigenvalue weighted by Gasteiger charge is 2.18. The second-order valence-corrected chi connectivity index (χ2v) is 5.84. The van der Waals surface area contributed by atoms with Gasteiger partial charge in [-0.15, -0.1) is 0 Å². The molecule has 3 rings (SSSR count). The maximum atomic E-state index is 12.5. The van der Waals surface area contributed by atoms with Crippen molar-refractivity contribution in [1.29, 1.82) is 5.26 Å². The number of ether oxygens (including phenoxy) is 1. The van der Waals surface area contributed by atoms with Crippen molar-refractivity contribution in [3.8, 4) is 6.07 Å². The summed E-state index contributed by atoms with van der Waals surface area (Å²) in [7, 11) is 0. The summed E-state index contributed by atoms with van der Waals surface area (Å²) in [6.07, 6.45) is 2.88. The number of carbonyl (C=O) groups excluding carboxylic acids is 1. The molecule has 128 valence electrons. The zero-order valence-corrected chi connectivity index (χ0v) is 14.1. The molecule has 1 N–H and O–H groups in total. The molecule has 0 aliphatic carbocycles. The van der Waals surface area contributed by atoms with Gasteiger partial charge in [0.05, 0.1) is 30.9 Å². The lowest BCUT2D eigenvalue weighted by Crippen LogP contribution is -2.36. The zero-order valence-electron chi connectivity index (χ0n) is 13.4. The van der Waals surface area contributed by atoms with Gasteiger partial charge in [0.15, 0.2) is 0 Å². The molecule has 1 saturated heterocycles. The van der Waals surface area contributed by atoms with Gasteiger partial charge >= 0.3 is 0 Å². The van der Waals surface area contributed by atoms with E-state index >= 15 is 0 Å². The molecule has 25 heavy (non-hydrogen) atoms. The second-order valence-electron chi connectivity index (χ2n) is 5.40.